The van der Waals surface area contributed by atoms with Crippen LogP contribution in [0.25, 0.3) is 0 Å². The second-order valence-corrected chi connectivity index (χ2v) is 6.67. The maximum absolute atomic E-state index is 12.5. The lowest BCUT2D eigenvalue weighted by Crippen LogP contribution is -2.52. The van der Waals surface area contributed by atoms with E-state index < -0.39 is 6.04 Å². The second kappa shape index (κ2) is 6.58. The molecule has 3 rings (SSSR count). The van der Waals surface area contributed by atoms with Gasteiger partial charge in [0.05, 0.1) is 0 Å². The Morgan fingerprint density at radius 3 is 3.05 bits per heavy atom. The molecular weight excluding hydrogens is 286 g/mol. The van der Waals surface area contributed by atoms with Crippen molar-refractivity contribution in [1.82, 2.24) is 15.5 Å². The third-order valence-corrected chi connectivity index (χ3v) is 5.20. The molecule has 0 spiro atoms. The first-order valence-electron chi connectivity index (χ1n) is 7.57. The second-order valence-electron chi connectivity index (χ2n) is 5.69. The minimum Gasteiger partial charge on any atom is -0.352 e. The number of nitrogens with one attached hydrogen (secondary N) is 2. The van der Waals surface area contributed by atoms with E-state index >= 15 is 0 Å². The summed E-state index contributed by atoms with van der Waals surface area (Å²) in [6.07, 6.45) is 2.62. The molecule has 2 N–H and O–H groups in total. The predicted octanol–water partition coefficient (Wildman–Crippen LogP) is 1.14. The molecule has 0 aliphatic carbocycles. The zero-order chi connectivity index (χ0) is 14.7. The van der Waals surface area contributed by atoms with Crippen molar-refractivity contribution >= 4 is 23.2 Å². The molecule has 2 unspecified atom stereocenters. The number of rotatable bonds is 4. The standard InChI is InChI=1S/C15H21N3O2S/c19-13(4-3-11-5-6-16-10-11)18-8-7-17-15(20)14(18)12-2-1-9-21-12/h1-2,9,11,14,16H,3-8,10H2,(H,17,20). The van der Waals surface area contributed by atoms with Gasteiger partial charge in [0.1, 0.15) is 6.04 Å². The largest absolute Gasteiger partial charge is 0.352 e. The molecule has 0 radical (unpaired) electrons. The van der Waals surface area contributed by atoms with E-state index in [2.05, 4.69) is 10.6 Å². The Morgan fingerprint density at radius 2 is 2.33 bits per heavy atom. The molecule has 1 aromatic heterocycles. The number of hydrogen-bond donors (Lipinski definition) is 2. The van der Waals surface area contributed by atoms with Gasteiger partial charge in [-0.2, -0.15) is 0 Å². The molecule has 0 aromatic carbocycles. The molecule has 2 fully saturated rings. The average Bonchev–Trinajstić information content (AvgIpc) is 3.17. The molecule has 5 nitrogen and oxygen atoms in total. The van der Waals surface area contributed by atoms with Gasteiger partial charge < -0.3 is 15.5 Å². The average molecular weight is 307 g/mol. The Morgan fingerprint density at radius 1 is 1.43 bits per heavy atom. The van der Waals surface area contributed by atoms with Crippen LogP contribution in [-0.4, -0.2) is 42.9 Å². The zero-order valence-corrected chi connectivity index (χ0v) is 12.8. The Kier molecular flexibility index (Phi) is 4.55. The molecule has 2 aliphatic rings. The van der Waals surface area contributed by atoms with Crippen molar-refractivity contribution in [3.63, 3.8) is 0 Å². The topological polar surface area (TPSA) is 61.4 Å². The highest BCUT2D eigenvalue weighted by Crippen LogP contribution is 2.28. The maximum Gasteiger partial charge on any atom is 0.248 e. The summed E-state index contributed by atoms with van der Waals surface area (Å²) in [7, 11) is 0. The van der Waals surface area contributed by atoms with Crippen LogP contribution in [0.1, 0.15) is 30.2 Å². The van der Waals surface area contributed by atoms with Crippen molar-refractivity contribution in [1.29, 1.82) is 0 Å². The molecule has 0 bridgehead atoms. The fraction of sp³-hybridized carbons (Fsp3) is 0.600. The summed E-state index contributed by atoms with van der Waals surface area (Å²) in [5.41, 5.74) is 0. The van der Waals surface area contributed by atoms with E-state index in [0.29, 0.717) is 25.4 Å². The van der Waals surface area contributed by atoms with Gasteiger partial charge in [0, 0.05) is 24.4 Å². The van der Waals surface area contributed by atoms with E-state index in [1.807, 2.05) is 17.5 Å². The van der Waals surface area contributed by atoms with Gasteiger partial charge in [-0.05, 0) is 43.3 Å². The van der Waals surface area contributed by atoms with Crippen molar-refractivity contribution in [3.05, 3.63) is 22.4 Å². The summed E-state index contributed by atoms with van der Waals surface area (Å²) in [6, 6.07) is 3.42. The van der Waals surface area contributed by atoms with E-state index in [4.69, 9.17) is 0 Å². The van der Waals surface area contributed by atoms with Crippen molar-refractivity contribution in [2.24, 2.45) is 5.92 Å². The van der Waals surface area contributed by atoms with Crippen LogP contribution >= 0.6 is 11.3 Å². The van der Waals surface area contributed by atoms with Gasteiger partial charge >= 0.3 is 0 Å². The Labute approximate surface area is 128 Å². The lowest BCUT2D eigenvalue weighted by molar-refractivity contribution is -0.143. The van der Waals surface area contributed by atoms with Gasteiger partial charge in [-0.15, -0.1) is 11.3 Å². The van der Waals surface area contributed by atoms with Crippen LogP contribution in [0.15, 0.2) is 17.5 Å². The number of hydrogen-bond acceptors (Lipinski definition) is 4. The van der Waals surface area contributed by atoms with Gasteiger partial charge in [0.2, 0.25) is 11.8 Å². The number of amides is 2. The molecule has 0 saturated carbocycles. The highest BCUT2D eigenvalue weighted by molar-refractivity contribution is 7.10. The van der Waals surface area contributed by atoms with Crippen molar-refractivity contribution < 1.29 is 9.59 Å². The van der Waals surface area contributed by atoms with Gasteiger partial charge in [-0.3, -0.25) is 9.59 Å². The summed E-state index contributed by atoms with van der Waals surface area (Å²) in [5, 5.41) is 8.14. The molecule has 21 heavy (non-hydrogen) atoms. The van der Waals surface area contributed by atoms with Crippen LogP contribution in [-0.2, 0) is 9.59 Å². The summed E-state index contributed by atoms with van der Waals surface area (Å²) in [6.45, 7) is 3.23. The highest BCUT2D eigenvalue weighted by Gasteiger charge is 2.34. The third kappa shape index (κ3) is 3.27. The lowest BCUT2D eigenvalue weighted by atomic mass is 10.0. The van der Waals surface area contributed by atoms with Crippen LogP contribution in [0.4, 0.5) is 0 Å². The summed E-state index contributed by atoms with van der Waals surface area (Å²) in [5.74, 6) is 0.655. The summed E-state index contributed by atoms with van der Waals surface area (Å²) >= 11 is 1.53. The first kappa shape index (κ1) is 14.5. The number of thiophene rings is 1. The summed E-state index contributed by atoms with van der Waals surface area (Å²) < 4.78 is 0. The fourth-order valence-electron chi connectivity index (χ4n) is 3.10. The monoisotopic (exact) mass is 307 g/mol. The molecule has 3 heterocycles. The first-order chi connectivity index (χ1) is 10.3. The minimum absolute atomic E-state index is 0.0559. The van der Waals surface area contributed by atoms with Crippen LogP contribution < -0.4 is 10.6 Å². The zero-order valence-electron chi connectivity index (χ0n) is 12.0. The van der Waals surface area contributed by atoms with Crippen LogP contribution in [0, 0.1) is 5.92 Å². The van der Waals surface area contributed by atoms with E-state index in [9.17, 15) is 9.59 Å². The number of carbonyl (C=O) groups excluding carboxylic acids is 2. The molecule has 114 valence electrons. The lowest BCUT2D eigenvalue weighted by Gasteiger charge is -2.34. The number of piperazine rings is 1. The van der Waals surface area contributed by atoms with E-state index in [-0.39, 0.29) is 11.8 Å². The van der Waals surface area contributed by atoms with Crippen LogP contribution in [0.3, 0.4) is 0 Å². The fourth-order valence-corrected chi connectivity index (χ4v) is 3.93. The quantitative estimate of drug-likeness (QED) is 0.877. The molecule has 1 aromatic rings. The molecule has 6 heteroatoms. The Balaban J connectivity index is 1.65. The molecule has 2 amide bonds. The van der Waals surface area contributed by atoms with Crippen molar-refractivity contribution in [2.45, 2.75) is 25.3 Å². The molecule has 2 saturated heterocycles. The molecule has 2 aliphatic heterocycles. The Hall–Kier alpha value is -1.40. The number of carbonyl (C=O) groups is 2. The summed E-state index contributed by atoms with van der Waals surface area (Å²) in [4.78, 5) is 27.4. The van der Waals surface area contributed by atoms with Gasteiger partial charge in [0.25, 0.3) is 0 Å². The van der Waals surface area contributed by atoms with E-state index in [1.54, 1.807) is 4.90 Å². The first-order valence-corrected chi connectivity index (χ1v) is 8.45. The number of nitrogens with zero attached hydrogens (tertiary/aromatic N) is 1. The normalized spacial score (nSPS) is 25.9. The van der Waals surface area contributed by atoms with Crippen LogP contribution in [0.2, 0.25) is 0 Å². The van der Waals surface area contributed by atoms with E-state index in [0.717, 1.165) is 30.8 Å². The van der Waals surface area contributed by atoms with Crippen molar-refractivity contribution in [2.75, 3.05) is 26.2 Å². The van der Waals surface area contributed by atoms with Gasteiger partial charge in [0.15, 0.2) is 0 Å². The van der Waals surface area contributed by atoms with Crippen LogP contribution in [0.5, 0.6) is 0 Å². The molecule has 2 atom stereocenters. The van der Waals surface area contributed by atoms with Crippen molar-refractivity contribution in [3.8, 4) is 0 Å². The Bertz CT molecular complexity index is 497. The minimum atomic E-state index is -0.437. The SMILES string of the molecule is O=C1NCCN(C(=O)CCC2CCNC2)C1c1cccs1. The molecular formula is C15H21N3O2S. The highest BCUT2D eigenvalue weighted by atomic mass is 32.1. The third-order valence-electron chi connectivity index (χ3n) is 4.27. The maximum atomic E-state index is 12.5. The van der Waals surface area contributed by atoms with Gasteiger partial charge in [-0.1, -0.05) is 6.07 Å². The van der Waals surface area contributed by atoms with E-state index in [1.165, 1.54) is 11.3 Å². The van der Waals surface area contributed by atoms with Gasteiger partial charge in [-0.25, -0.2) is 0 Å². The smallest absolute Gasteiger partial charge is 0.248 e. The predicted molar refractivity (Wildman–Crippen MR) is 82.0 cm³/mol.